The van der Waals surface area contributed by atoms with Gasteiger partial charge in [-0.25, -0.2) is 0 Å². The molecule has 2 aromatic rings. The number of unbranched alkanes of at least 4 members (excludes halogenated alkanes) is 11. The molecular formula is C35H57Cl2NO. The number of rotatable bonds is 19. The molecule has 0 spiro atoms. The minimum atomic E-state index is -0.888. The highest BCUT2D eigenvalue weighted by atomic mass is 35.5. The lowest BCUT2D eigenvalue weighted by Gasteiger charge is -2.40. The maximum atomic E-state index is 11.4. The molecule has 4 heteroatoms. The molecule has 0 bridgehead atoms. The van der Waals surface area contributed by atoms with Crippen molar-refractivity contribution in [3.05, 3.63) is 65.7 Å². The zero-order valence-corrected chi connectivity index (χ0v) is 27.2. The van der Waals surface area contributed by atoms with E-state index in [0.29, 0.717) is 4.48 Å². The summed E-state index contributed by atoms with van der Waals surface area (Å²) in [6.07, 6.45) is 19.4. The second-order valence-corrected chi connectivity index (χ2v) is 13.4. The van der Waals surface area contributed by atoms with Crippen LogP contribution in [0.3, 0.4) is 0 Å². The van der Waals surface area contributed by atoms with Crippen LogP contribution in [-0.4, -0.2) is 25.1 Å². The molecule has 0 saturated heterocycles. The molecule has 0 aliphatic heterocycles. The Balaban J connectivity index is 0.000000434. The summed E-state index contributed by atoms with van der Waals surface area (Å²) in [5.41, 5.74) is 1.95. The molecule has 2 rings (SSSR count). The predicted octanol–water partition coefficient (Wildman–Crippen LogP) is 10.8. The zero-order valence-electron chi connectivity index (χ0n) is 25.7. The van der Waals surface area contributed by atoms with E-state index in [9.17, 15) is 5.11 Å². The number of alkyl halides is 2. The summed E-state index contributed by atoms with van der Waals surface area (Å²) in [5.74, 6) is 0.998. The van der Waals surface area contributed by atoms with Crippen molar-refractivity contribution in [3.8, 4) is 5.75 Å². The topological polar surface area (TPSA) is 23.1 Å². The van der Waals surface area contributed by atoms with Gasteiger partial charge in [0.1, 0.15) is 0 Å². The molecule has 39 heavy (non-hydrogen) atoms. The van der Waals surface area contributed by atoms with Gasteiger partial charge in [-0.3, -0.25) is 4.48 Å². The highest BCUT2D eigenvalue weighted by Crippen LogP contribution is 2.41. The summed E-state index contributed by atoms with van der Waals surface area (Å²) in [6, 6.07) is 17.4. The van der Waals surface area contributed by atoms with Crippen molar-refractivity contribution in [2.45, 2.75) is 122 Å². The minimum Gasteiger partial charge on any atom is -0.872 e. The minimum absolute atomic E-state index is 0.196. The first-order valence-corrected chi connectivity index (χ1v) is 16.4. The number of hydrogen-bond donors (Lipinski definition) is 0. The fraction of sp³-hybridized carbons (Fsp3) is 0.657. The van der Waals surface area contributed by atoms with Gasteiger partial charge >= 0.3 is 0 Å². The van der Waals surface area contributed by atoms with Crippen LogP contribution >= 0.6 is 23.2 Å². The summed E-state index contributed by atoms with van der Waals surface area (Å²) in [6.45, 7) is 7.78. The molecule has 0 aliphatic rings. The van der Waals surface area contributed by atoms with Gasteiger partial charge < -0.3 is 5.11 Å². The van der Waals surface area contributed by atoms with Gasteiger partial charge in [0.25, 0.3) is 4.46 Å². The van der Waals surface area contributed by atoms with Gasteiger partial charge in [-0.2, -0.15) is 0 Å². The molecule has 2 nitrogen and oxygen atoms in total. The van der Waals surface area contributed by atoms with Crippen molar-refractivity contribution in [2.24, 2.45) is 5.92 Å². The summed E-state index contributed by atoms with van der Waals surface area (Å²) in [5, 5.41) is 11.4. The highest BCUT2D eigenvalue weighted by Gasteiger charge is 2.43. The fourth-order valence-corrected chi connectivity index (χ4v) is 5.30. The van der Waals surface area contributed by atoms with Crippen LogP contribution in [0, 0.1) is 5.92 Å². The maximum absolute atomic E-state index is 11.4. The molecule has 0 aliphatic carbocycles. The zero-order chi connectivity index (χ0) is 29.0. The number of aryl methyl sites for hydroxylation is 1. The monoisotopic (exact) mass is 577 g/mol. The molecule has 0 heterocycles. The average Bonchev–Trinajstić information content (AvgIpc) is 2.91. The maximum Gasteiger partial charge on any atom is 0.277 e. The van der Waals surface area contributed by atoms with Crippen LogP contribution in [0.2, 0.25) is 0 Å². The van der Waals surface area contributed by atoms with Crippen LogP contribution in [0.15, 0.2) is 54.6 Å². The fourth-order valence-electron chi connectivity index (χ4n) is 4.88. The Morgan fingerprint density at radius 3 is 1.77 bits per heavy atom. The van der Waals surface area contributed by atoms with E-state index in [-0.39, 0.29) is 5.75 Å². The first-order chi connectivity index (χ1) is 18.6. The van der Waals surface area contributed by atoms with Crippen molar-refractivity contribution < 1.29 is 9.59 Å². The average molecular weight is 579 g/mol. The van der Waals surface area contributed by atoms with E-state index in [2.05, 4.69) is 34.9 Å². The second kappa shape index (κ2) is 20.6. The van der Waals surface area contributed by atoms with E-state index in [4.69, 9.17) is 23.2 Å². The third kappa shape index (κ3) is 15.4. The summed E-state index contributed by atoms with van der Waals surface area (Å²) >= 11 is 13.4. The van der Waals surface area contributed by atoms with Gasteiger partial charge in [0.2, 0.25) is 0 Å². The summed E-state index contributed by atoms with van der Waals surface area (Å²) < 4.78 is -0.294. The van der Waals surface area contributed by atoms with Crippen molar-refractivity contribution in [1.82, 2.24) is 0 Å². The van der Waals surface area contributed by atoms with Crippen LogP contribution in [0.4, 0.5) is 0 Å². The standard InChI is InChI=1S/C21H36Cl2N.C14H22O/c1-4-5-6-7-8-9-10-11-12-16-19-24(2,3)21(22,23)20-17-14-13-15-18-20;1-12(2)8-4-3-5-9-13-10-6-7-11-14(13)15/h13-15,17-18H,4-12,16,19H2,1-3H3;6-7,10-12,15H,3-5,8-9H2,1-2H3/q+1;/p-1. The third-order valence-electron chi connectivity index (χ3n) is 7.65. The Kier molecular flexibility index (Phi) is 18.9. The third-order valence-corrected chi connectivity index (χ3v) is 9.00. The van der Waals surface area contributed by atoms with E-state index in [0.717, 1.165) is 36.4 Å². The molecule has 0 amide bonds. The van der Waals surface area contributed by atoms with Crippen LogP contribution < -0.4 is 5.11 Å². The smallest absolute Gasteiger partial charge is 0.277 e. The van der Waals surface area contributed by atoms with E-state index in [1.54, 1.807) is 6.07 Å². The van der Waals surface area contributed by atoms with Gasteiger partial charge in [0.15, 0.2) is 0 Å². The van der Waals surface area contributed by atoms with E-state index in [1.165, 1.54) is 83.5 Å². The second-order valence-electron chi connectivity index (χ2n) is 12.1. The van der Waals surface area contributed by atoms with Crippen molar-refractivity contribution in [3.63, 3.8) is 0 Å². The lowest BCUT2D eigenvalue weighted by Crippen LogP contribution is -2.51. The van der Waals surface area contributed by atoms with Crippen molar-refractivity contribution >= 4 is 23.2 Å². The molecule has 0 N–H and O–H groups in total. The number of benzene rings is 2. The van der Waals surface area contributed by atoms with E-state index < -0.39 is 4.46 Å². The molecule has 222 valence electrons. The number of quaternary nitrogens is 1. The Morgan fingerprint density at radius 1 is 0.692 bits per heavy atom. The lowest BCUT2D eigenvalue weighted by atomic mass is 10.0. The molecule has 0 fully saturated rings. The SMILES string of the molecule is CC(C)CCCCCc1ccccc1[O-].CCCCCCCCCCCC[N+](C)(C)C(Cl)(Cl)c1ccccc1. The Morgan fingerprint density at radius 2 is 1.21 bits per heavy atom. The quantitative estimate of drug-likeness (QED) is 0.0704. The van der Waals surface area contributed by atoms with Gasteiger partial charge in [-0.1, -0.05) is 139 Å². The molecule has 0 radical (unpaired) electrons. The number of halogens is 2. The first kappa shape index (κ1) is 35.8. The van der Waals surface area contributed by atoms with Crippen LogP contribution in [0.5, 0.6) is 5.75 Å². The van der Waals surface area contributed by atoms with E-state index in [1.807, 2.05) is 48.5 Å². The molecule has 0 aromatic heterocycles. The highest BCUT2D eigenvalue weighted by molar-refractivity contribution is 6.46. The Labute approximate surface area is 251 Å². The molecule has 0 unspecified atom stereocenters. The molecule has 2 aromatic carbocycles. The predicted molar refractivity (Wildman–Crippen MR) is 172 cm³/mol. The lowest BCUT2D eigenvalue weighted by molar-refractivity contribution is -0.920. The van der Waals surface area contributed by atoms with Crippen LogP contribution in [0.1, 0.15) is 122 Å². The number of nitrogens with zero attached hydrogens (tertiary/aromatic N) is 1. The number of para-hydroxylation sites is 1. The van der Waals surface area contributed by atoms with Crippen molar-refractivity contribution in [2.75, 3.05) is 20.6 Å². The van der Waals surface area contributed by atoms with Gasteiger partial charge in [-0.15, -0.1) is 5.75 Å². The Bertz CT molecular complexity index is 851. The largest absolute Gasteiger partial charge is 0.872 e. The Hall–Kier alpha value is -1.22. The number of hydrogen-bond acceptors (Lipinski definition) is 1. The van der Waals surface area contributed by atoms with Crippen LogP contribution in [-0.2, 0) is 10.9 Å². The molecule has 0 atom stereocenters. The summed E-state index contributed by atoms with van der Waals surface area (Å²) in [4.78, 5) is 0. The first-order valence-electron chi connectivity index (χ1n) is 15.6. The molecular weight excluding hydrogens is 521 g/mol. The van der Waals surface area contributed by atoms with Gasteiger partial charge in [-0.05, 0) is 66.9 Å². The summed E-state index contributed by atoms with van der Waals surface area (Å²) in [7, 11) is 4.25. The molecule has 0 saturated carbocycles. The van der Waals surface area contributed by atoms with Crippen LogP contribution in [0.25, 0.3) is 0 Å². The van der Waals surface area contributed by atoms with E-state index >= 15 is 0 Å². The van der Waals surface area contributed by atoms with Gasteiger partial charge in [0, 0.05) is 5.56 Å². The van der Waals surface area contributed by atoms with Crippen molar-refractivity contribution in [1.29, 1.82) is 0 Å². The normalized spacial score (nSPS) is 11.9. The van der Waals surface area contributed by atoms with Gasteiger partial charge in [0.05, 0.1) is 20.6 Å².